The van der Waals surface area contributed by atoms with Gasteiger partial charge in [-0.2, -0.15) is 0 Å². The number of aromatic carboxylic acids is 1. The Bertz CT molecular complexity index is 1240. The Morgan fingerprint density at radius 2 is 1.92 bits per heavy atom. The molecule has 2 N–H and O–H groups in total. The zero-order valence-electron chi connectivity index (χ0n) is 12.9. The van der Waals surface area contributed by atoms with E-state index in [-0.39, 0.29) is 37.7 Å². The van der Waals surface area contributed by atoms with E-state index in [2.05, 4.69) is 4.98 Å². The van der Waals surface area contributed by atoms with Crippen LogP contribution in [0.2, 0.25) is 0 Å². The van der Waals surface area contributed by atoms with Gasteiger partial charge in [-0.15, -0.1) is 0 Å². The largest absolute Gasteiger partial charge is 0.495 e. The molecule has 0 fully saturated rings. The molecule has 126 valence electrons. The lowest BCUT2D eigenvalue weighted by molar-refractivity contribution is 0.0691. The summed E-state index contributed by atoms with van der Waals surface area (Å²) in [6.45, 7) is 0. The summed E-state index contributed by atoms with van der Waals surface area (Å²) in [7, 11) is -2.52. The molecule has 25 heavy (non-hydrogen) atoms. The van der Waals surface area contributed by atoms with Crippen LogP contribution in [-0.4, -0.2) is 31.6 Å². The van der Waals surface area contributed by atoms with Gasteiger partial charge in [0, 0.05) is 23.3 Å². The SMILES string of the molecule is COc1cc2[nH]c(C(=O)O)cc(=O)c2c2c1S(=O)(=O)c1ccccc1-2. The number of pyridine rings is 1. The normalized spacial score (nSPS) is 14.1. The van der Waals surface area contributed by atoms with E-state index in [9.17, 15) is 18.0 Å². The molecule has 0 amide bonds. The standard InChI is InChI=1S/C17H11NO6S/c1-24-12-7-9-15(11(19)6-10(18-9)17(20)21)14-8-4-2-3-5-13(8)25(22,23)16(12)14/h2-7H,1H3,(H,18,19)(H,20,21). The number of ether oxygens (including phenoxy) is 1. The number of aromatic amines is 1. The van der Waals surface area contributed by atoms with Gasteiger partial charge >= 0.3 is 5.97 Å². The quantitative estimate of drug-likeness (QED) is 0.568. The van der Waals surface area contributed by atoms with Crippen molar-refractivity contribution in [1.29, 1.82) is 0 Å². The van der Waals surface area contributed by atoms with Crippen LogP contribution in [-0.2, 0) is 9.84 Å². The van der Waals surface area contributed by atoms with Gasteiger partial charge in [0.1, 0.15) is 16.3 Å². The molecule has 1 aromatic heterocycles. The number of rotatable bonds is 2. The minimum Gasteiger partial charge on any atom is -0.495 e. The lowest BCUT2D eigenvalue weighted by atomic mass is 9.99. The number of sulfone groups is 1. The zero-order chi connectivity index (χ0) is 17.9. The molecule has 2 heterocycles. The summed E-state index contributed by atoms with van der Waals surface area (Å²) in [6, 6.07) is 8.65. The zero-order valence-corrected chi connectivity index (χ0v) is 13.7. The third-order valence-electron chi connectivity index (χ3n) is 4.20. The molecule has 4 rings (SSSR count). The minimum absolute atomic E-state index is 0.0527. The summed E-state index contributed by atoms with van der Waals surface area (Å²) >= 11 is 0. The van der Waals surface area contributed by atoms with Crippen LogP contribution in [0.5, 0.6) is 5.75 Å². The first kappa shape index (κ1) is 15.4. The minimum atomic E-state index is -3.84. The van der Waals surface area contributed by atoms with Crippen molar-refractivity contribution in [2.45, 2.75) is 9.79 Å². The predicted molar refractivity (Wildman–Crippen MR) is 89.0 cm³/mol. The van der Waals surface area contributed by atoms with E-state index in [1.165, 1.54) is 19.2 Å². The molecule has 0 atom stereocenters. The monoisotopic (exact) mass is 357 g/mol. The smallest absolute Gasteiger partial charge is 0.352 e. The van der Waals surface area contributed by atoms with E-state index in [0.717, 1.165) is 6.07 Å². The number of H-pyrrole nitrogens is 1. The Morgan fingerprint density at radius 3 is 2.60 bits per heavy atom. The van der Waals surface area contributed by atoms with Gasteiger partial charge in [0.15, 0.2) is 5.43 Å². The van der Waals surface area contributed by atoms with Crippen LogP contribution in [0.3, 0.4) is 0 Å². The first-order chi connectivity index (χ1) is 11.9. The molecule has 0 unspecified atom stereocenters. The van der Waals surface area contributed by atoms with E-state index >= 15 is 0 Å². The van der Waals surface area contributed by atoms with Crippen molar-refractivity contribution in [1.82, 2.24) is 4.98 Å². The van der Waals surface area contributed by atoms with Crippen molar-refractivity contribution >= 4 is 26.7 Å². The summed E-state index contributed by atoms with van der Waals surface area (Å²) in [5.41, 5.74) is -0.0175. The molecule has 0 saturated heterocycles. The predicted octanol–water partition coefficient (Wildman–Crippen LogP) is 2.05. The molecule has 2 aromatic carbocycles. The van der Waals surface area contributed by atoms with Crippen LogP contribution in [0.4, 0.5) is 0 Å². The number of aromatic nitrogens is 1. The molecule has 0 saturated carbocycles. The van der Waals surface area contributed by atoms with E-state index in [4.69, 9.17) is 9.84 Å². The molecule has 0 spiro atoms. The molecule has 8 heteroatoms. The van der Waals surface area contributed by atoms with Gasteiger partial charge in [0.05, 0.1) is 22.9 Å². The van der Waals surface area contributed by atoms with Gasteiger partial charge < -0.3 is 14.8 Å². The molecule has 0 aliphatic carbocycles. The number of hydrogen-bond donors (Lipinski definition) is 2. The van der Waals surface area contributed by atoms with Gasteiger partial charge in [0.25, 0.3) is 0 Å². The molecule has 1 aliphatic heterocycles. The lowest BCUT2D eigenvalue weighted by Crippen LogP contribution is -2.11. The maximum absolute atomic E-state index is 12.9. The third-order valence-corrected chi connectivity index (χ3v) is 6.08. The van der Waals surface area contributed by atoms with E-state index < -0.39 is 21.2 Å². The van der Waals surface area contributed by atoms with Crippen LogP contribution in [0.1, 0.15) is 10.5 Å². The van der Waals surface area contributed by atoms with Crippen molar-refractivity contribution < 1.29 is 23.1 Å². The fraction of sp³-hybridized carbons (Fsp3) is 0.0588. The van der Waals surface area contributed by atoms with Crippen molar-refractivity contribution in [3.05, 3.63) is 52.3 Å². The topological polar surface area (TPSA) is 114 Å². The highest BCUT2D eigenvalue weighted by atomic mass is 32.2. The number of carboxylic acid groups (broad SMARTS) is 1. The number of carbonyl (C=O) groups is 1. The first-order valence-electron chi connectivity index (χ1n) is 7.22. The van der Waals surface area contributed by atoms with Crippen molar-refractivity contribution in [3.63, 3.8) is 0 Å². The number of fused-ring (bicyclic) bond motifs is 5. The highest BCUT2D eigenvalue weighted by Crippen LogP contribution is 2.49. The summed E-state index contributed by atoms with van der Waals surface area (Å²) in [5.74, 6) is -1.23. The molecular weight excluding hydrogens is 346 g/mol. The highest BCUT2D eigenvalue weighted by molar-refractivity contribution is 7.92. The van der Waals surface area contributed by atoms with Gasteiger partial charge in [-0.1, -0.05) is 18.2 Å². The second kappa shape index (κ2) is 4.93. The maximum Gasteiger partial charge on any atom is 0.352 e. The lowest BCUT2D eigenvalue weighted by Gasteiger charge is -2.11. The number of carboxylic acids is 1. The van der Waals surface area contributed by atoms with Crippen LogP contribution in [0.15, 0.2) is 51.0 Å². The molecule has 3 aromatic rings. The van der Waals surface area contributed by atoms with Crippen molar-refractivity contribution in [2.24, 2.45) is 0 Å². The summed E-state index contributed by atoms with van der Waals surface area (Å²) in [5, 5.41) is 9.25. The van der Waals surface area contributed by atoms with Crippen LogP contribution in [0, 0.1) is 0 Å². The van der Waals surface area contributed by atoms with Gasteiger partial charge in [0.2, 0.25) is 9.84 Å². The van der Waals surface area contributed by atoms with Crippen molar-refractivity contribution in [2.75, 3.05) is 7.11 Å². The molecule has 0 radical (unpaired) electrons. The van der Waals surface area contributed by atoms with Gasteiger partial charge in [-0.25, -0.2) is 13.2 Å². The number of hydrogen-bond acceptors (Lipinski definition) is 5. The number of benzene rings is 2. The Labute approximate surface area is 141 Å². The third kappa shape index (κ3) is 1.94. The van der Waals surface area contributed by atoms with Gasteiger partial charge in [-0.3, -0.25) is 4.79 Å². The number of nitrogens with one attached hydrogen (secondary N) is 1. The Morgan fingerprint density at radius 1 is 1.20 bits per heavy atom. The Kier molecular flexibility index (Phi) is 3.04. The average Bonchev–Trinajstić information content (AvgIpc) is 2.82. The maximum atomic E-state index is 12.9. The fourth-order valence-corrected chi connectivity index (χ4v) is 5.01. The average molecular weight is 357 g/mol. The highest BCUT2D eigenvalue weighted by Gasteiger charge is 2.38. The molecule has 1 aliphatic rings. The second-order valence-corrected chi connectivity index (χ2v) is 7.41. The molecule has 0 bridgehead atoms. The Balaban J connectivity index is 2.29. The Hall–Kier alpha value is -3.13. The van der Waals surface area contributed by atoms with Crippen LogP contribution >= 0.6 is 0 Å². The summed E-state index contributed by atoms with van der Waals surface area (Å²) < 4.78 is 31.0. The first-order valence-corrected chi connectivity index (χ1v) is 8.70. The summed E-state index contributed by atoms with van der Waals surface area (Å²) in [6.07, 6.45) is 0. The molecular formula is C17H11NO6S. The van der Waals surface area contributed by atoms with E-state index in [0.29, 0.717) is 5.56 Å². The second-order valence-electron chi connectivity index (χ2n) is 5.56. The van der Waals surface area contributed by atoms with E-state index in [1.54, 1.807) is 18.2 Å². The van der Waals surface area contributed by atoms with E-state index in [1.807, 2.05) is 0 Å². The van der Waals surface area contributed by atoms with Crippen LogP contribution in [0.25, 0.3) is 22.0 Å². The van der Waals surface area contributed by atoms with Crippen molar-refractivity contribution in [3.8, 4) is 16.9 Å². The molecule has 7 nitrogen and oxygen atoms in total. The number of methoxy groups -OCH3 is 1. The van der Waals surface area contributed by atoms with Gasteiger partial charge in [-0.05, 0) is 6.07 Å². The fourth-order valence-electron chi connectivity index (χ4n) is 3.19. The van der Waals surface area contributed by atoms with Crippen LogP contribution < -0.4 is 10.2 Å². The summed E-state index contributed by atoms with van der Waals surface area (Å²) in [4.78, 5) is 26.4.